The standard InChI is InChI=1S/C15H23BrN2O/c1-10(12-8-6-7-9-13(12)16)17-11(2)14(19)18-15(3,4)5/h6-11,17H,1-5H3,(H,18,19)/t10-,11?/m0/s1. The van der Waals surface area contributed by atoms with Gasteiger partial charge in [-0.05, 0) is 46.2 Å². The van der Waals surface area contributed by atoms with Crippen LogP contribution in [0.4, 0.5) is 0 Å². The molecule has 2 atom stereocenters. The lowest BCUT2D eigenvalue weighted by Gasteiger charge is -2.26. The van der Waals surface area contributed by atoms with Crippen molar-refractivity contribution >= 4 is 21.8 Å². The van der Waals surface area contributed by atoms with Gasteiger partial charge in [0.25, 0.3) is 0 Å². The van der Waals surface area contributed by atoms with Crippen LogP contribution in [0.5, 0.6) is 0 Å². The second-order valence-electron chi connectivity index (χ2n) is 5.87. The average Bonchev–Trinajstić information content (AvgIpc) is 2.27. The van der Waals surface area contributed by atoms with Gasteiger partial charge >= 0.3 is 0 Å². The molecule has 0 heterocycles. The van der Waals surface area contributed by atoms with E-state index in [2.05, 4.69) is 39.6 Å². The SMILES string of the molecule is CC(N[C@@H](C)c1ccccc1Br)C(=O)NC(C)(C)C. The van der Waals surface area contributed by atoms with Crippen molar-refractivity contribution < 1.29 is 4.79 Å². The van der Waals surface area contributed by atoms with Crippen LogP contribution < -0.4 is 10.6 Å². The van der Waals surface area contributed by atoms with Gasteiger partial charge in [-0.2, -0.15) is 0 Å². The third-order valence-corrected chi connectivity index (χ3v) is 3.49. The van der Waals surface area contributed by atoms with Crippen LogP contribution in [0.2, 0.25) is 0 Å². The molecule has 0 aliphatic rings. The highest BCUT2D eigenvalue weighted by Gasteiger charge is 2.21. The molecule has 1 aromatic rings. The smallest absolute Gasteiger partial charge is 0.237 e. The fraction of sp³-hybridized carbons (Fsp3) is 0.533. The zero-order valence-electron chi connectivity index (χ0n) is 12.3. The van der Waals surface area contributed by atoms with E-state index in [9.17, 15) is 4.79 Å². The van der Waals surface area contributed by atoms with Gasteiger partial charge in [0.05, 0.1) is 6.04 Å². The maximum Gasteiger partial charge on any atom is 0.237 e. The number of halogens is 1. The van der Waals surface area contributed by atoms with Crippen molar-refractivity contribution in [1.82, 2.24) is 10.6 Å². The monoisotopic (exact) mass is 326 g/mol. The molecule has 0 bridgehead atoms. The van der Waals surface area contributed by atoms with E-state index in [-0.39, 0.29) is 23.5 Å². The predicted molar refractivity (Wildman–Crippen MR) is 83.1 cm³/mol. The van der Waals surface area contributed by atoms with E-state index in [0.29, 0.717) is 0 Å². The summed E-state index contributed by atoms with van der Waals surface area (Å²) in [6, 6.07) is 7.91. The maximum atomic E-state index is 12.0. The first-order valence-corrected chi connectivity index (χ1v) is 7.32. The highest BCUT2D eigenvalue weighted by molar-refractivity contribution is 9.10. The van der Waals surface area contributed by atoms with E-state index in [1.165, 1.54) is 0 Å². The maximum absolute atomic E-state index is 12.0. The van der Waals surface area contributed by atoms with E-state index >= 15 is 0 Å². The van der Waals surface area contributed by atoms with Crippen LogP contribution in [0.15, 0.2) is 28.7 Å². The zero-order valence-corrected chi connectivity index (χ0v) is 13.8. The summed E-state index contributed by atoms with van der Waals surface area (Å²) in [5, 5.41) is 6.29. The van der Waals surface area contributed by atoms with Crippen LogP contribution in [0.3, 0.4) is 0 Å². The van der Waals surface area contributed by atoms with Gasteiger partial charge in [-0.1, -0.05) is 34.1 Å². The summed E-state index contributed by atoms with van der Waals surface area (Å²) < 4.78 is 1.05. The van der Waals surface area contributed by atoms with Crippen LogP contribution in [0.25, 0.3) is 0 Å². The lowest BCUT2D eigenvalue weighted by molar-refractivity contribution is -0.124. The fourth-order valence-electron chi connectivity index (χ4n) is 1.84. The molecule has 4 heteroatoms. The Labute approximate surface area is 124 Å². The van der Waals surface area contributed by atoms with E-state index in [0.717, 1.165) is 10.0 Å². The molecule has 19 heavy (non-hydrogen) atoms. The van der Waals surface area contributed by atoms with Crippen molar-refractivity contribution in [2.24, 2.45) is 0 Å². The Balaban J connectivity index is 2.64. The molecule has 2 N–H and O–H groups in total. The molecule has 1 aromatic carbocycles. The van der Waals surface area contributed by atoms with Crippen molar-refractivity contribution in [2.45, 2.75) is 52.2 Å². The topological polar surface area (TPSA) is 41.1 Å². The van der Waals surface area contributed by atoms with Gasteiger partial charge in [0.1, 0.15) is 0 Å². The molecule has 1 unspecified atom stereocenters. The first kappa shape index (κ1) is 16.2. The quantitative estimate of drug-likeness (QED) is 0.890. The average molecular weight is 327 g/mol. The van der Waals surface area contributed by atoms with Gasteiger partial charge in [-0.15, -0.1) is 0 Å². The van der Waals surface area contributed by atoms with Gasteiger partial charge in [-0.25, -0.2) is 0 Å². The molecule has 106 valence electrons. The number of benzene rings is 1. The first-order chi connectivity index (χ1) is 8.70. The van der Waals surface area contributed by atoms with Gasteiger partial charge in [-0.3, -0.25) is 10.1 Å². The highest BCUT2D eigenvalue weighted by atomic mass is 79.9. The van der Waals surface area contributed by atoms with Crippen LogP contribution >= 0.6 is 15.9 Å². The largest absolute Gasteiger partial charge is 0.350 e. The van der Waals surface area contributed by atoms with Crippen molar-refractivity contribution in [2.75, 3.05) is 0 Å². The van der Waals surface area contributed by atoms with E-state index < -0.39 is 0 Å². The highest BCUT2D eigenvalue weighted by Crippen LogP contribution is 2.23. The van der Waals surface area contributed by atoms with Crippen LogP contribution in [0, 0.1) is 0 Å². The Morgan fingerprint density at radius 1 is 1.21 bits per heavy atom. The summed E-state index contributed by atoms with van der Waals surface area (Å²) in [6.45, 7) is 9.88. The molecule has 0 aromatic heterocycles. The third-order valence-electron chi connectivity index (χ3n) is 2.76. The Morgan fingerprint density at radius 2 is 1.79 bits per heavy atom. The summed E-state index contributed by atoms with van der Waals surface area (Å²) in [4.78, 5) is 12.0. The van der Waals surface area contributed by atoms with Crippen molar-refractivity contribution in [1.29, 1.82) is 0 Å². The van der Waals surface area contributed by atoms with Crippen LogP contribution in [-0.4, -0.2) is 17.5 Å². The van der Waals surface area contributed by atoms with Gasteiger partial charge < -0.3 is 5.32 Å². The molecule has 0 spiro atoms. The molecule has 3 nitrogen and oxygen atoms in total. The number of carbonyl (C=O) groups is 1. The Morgan fingerprint density at radius 3 is 2.32 bits per heavy atom. The van der Waals surface area contributed by atoms with E-state index in [1.54, 1.807) is 0 Å². The third kappa shape index (κ3) is 5.33. The lowest BCUT2D eigenvalue weighted by atomic mass is 10.1. The molecule has 0 radical (unpaired) electrons. The second-order valence-corrected chi connectivity index (χ2v) is 6.73. The summed E-state index contributed by atoms with van der Waals surface area (Å²) in [7, 11) is 0. The Bertz CT molecular complexity index is 440. The van der Waals surface area contributed by atoms with Crippen molar-refractivity contribution in [3.05, 3.63) is 34.3 Å². The predicted octanol–water partition coefficient (Wildman–Crippen LogP) is 3.40. The number of nitrogens with one attached hydrogen (secondary N) is 2. The lowest BCUT2D eigenvalue weighted by Crippen LogP contribution is -2.50. The minimum atomic E-state index is -0.235. The minimum absolute atomic E-state index is 0.0198. The molecule has 0 saturated carbocycles. The Kier molecular flexibility index (Phi) is 5.56. The second kappa shape index (κ2) is 6.53. The first-order valence-electron chi connectivity index (χ1n) is 6.53. The molecular formula is C15H23BrN2O. The van der Waals surface area contributed by atoms with E-state index in [1.807, 2.05) is 45.9 Å². The van der Waals surface area contributed by atoms with Crippen LogP contribution in [-0.2, 0) is 4.79 Å². The fourth-order valence-corrected chi connectivity index (χ4v) is 2.47. The summed E-state index contributed by atoms with van der Waals surface area (Å²) >= 11 is 3.53. The van der Waals surface area contributed by atoms with Crippen LogP contribution in [0.1, 0.15) is 46.2 Å². The van der Waals surface area contributed by atoms with E-state index in [4.69, 9.17) is 0 Å². The van der Waals surface area contributed by atoms with Gasteiger partial charge in [0.2, 0.25) is 5.91 Å². The zero-order chi connectivity index (χ0) is 14.6. The van der Waals surface area contributed by atoms with Crippen molar-refractivity contribution in [3.63, 3.8) is 0 Å². The summed E-state index contributed by atoms with van der Waals surface area (Å²) in [5.41, 5.74) is 0.946. The molecule has 1 amide bonds. The molecule has 0 aliphatic heterocycles. The molecule has 1 rings (SSSR count). The number of rotatable bonds is 4. The van der Waals surface area contributed by atoms with Gasteiger partial charge in [0.15, 0.2) is 0 Å². The number of amides is 1. The summed E-state index contributed by atoms with van der Waals surface area (Å²) in [5.74, 6) is 0.0198. The minimum Gasteiger partial charge on any atom is -0.350 e. The molecule has 0 aliphatic carbocycles. The molecular weight excluding hydrogens is 304 g/mol. The molecule has 0 saturated heterocycles. The number of carbonyl (C=O) groups excluding carboxylic acids is 1. The number of hydrogen-bond acceptors (Lipinski definition) is 2. The van der Waals surface area contributed by atoms with Gasteiger partial charge in [0, 0.05) is 16.1 Å². The Hall–Kier alpha value is -0.870. The molecule has 0 fully saturated rings. The van der Waals surface area contributed by atoms with Crippen molar-refractivity contribution in [3.8, 4) is 0 Å². The summed E-state index contributed by atoms with van der Waals surface area (Å²) in [6.07, 6.45) is 0. The normalized spacial score (nSPS) is 14.8. The number of hydrogen-bond donors (Lipinski definition) is 2.